The van der Waals surface area contributed by atoms with E-state index < -0.39 is 11.9 Å². The molecule has 0 radical (unpaired) electrons. The van der Waals surface area contributed by atoms with Crippen LogP contribution in [0, 0.1) is 5.92 Å². The highest BCUT2D eigenvalue weighted by molar-refractivity contribution is 8.00. The first-order valence-electron chi connectivity index (χ1n) is 8.91. The number of amides is 1. The van der Waals surface area contributed by atoms with Gasteiger partial charge in [-0.15, -0.1) is 11.8 Å². The fourth-order valence-electron chi connectivity index (χ4n) is 4.04. The van der Waals surface area contributed by atoms with Gasteiger partial charge in [0, 0.05) is 19.0 Å². The number of aryl methyl sites for hydroxylation is 1. The lowest BCUT2D eigenvalue weighted by Crippen LogP contribution is -2.34. The first kappa shape index (κ1) is 17.2. The van der Waals surface area contributed by atoms with Crippen LogP contribution < -0.4 is 0 Å². The Morgan fingerprint density at radius 3 is 2.50 bits per heavy atom. The summed E-state index contributed by atoms with van der Waals surface area (Å²) in [7, 11) is 0. The Bertz CT molecular complexity index is 823. The minimum atomic E-state index is -0.828. The summed E-state index contributed by atoms with van der Waals surface area (Å²) < 4.78 is 0. The van der Waals surface area contributed by atoms with Gasteiger partial charge in [0.2, 0.25) is 5.91 Å². The molecule has 0 spiro atoms. The average molecular weight is 367 g/mol. The fraction of sp³-hybridized carbons (Fsp3) is 0.333. The zero-order valence-corrected chi connectivity index (χ0v) is 15.2. The standard InChI is InChI=1S/C21H21NO3S/c23-20(19-16-9-5-4-8-15(16)10-11-26-19)22-12-17(18(13-22)21(24)25)14-6-2-1-3-7-14/h1-9,17-19H,10-13H2,(H,24,25)/t17-,18-,19?/m1/s1. The van der Waals surface area contributed by atoms with E-state index in [1.165, 1.54) is 5.56 Å². The third-order valence-corrected chi connectivity index (χ3v) is 6.62. The Morgan fingerprint density at radius 2 is 1.73 bits per heavy atom. The number of benzene rings is 2. The molecule has 134 valence electrons. The van der Waals surface area contributed by atoms with Gasteiger partial charge in [0.25, 0.3) is 0 Å². The normalized spacial score (nSPS) is 24.9. The first-order chi connectivity index (χ1) is 12.6. The molecule has 1 unspecified atom stereocenters. The van der Waals surface area contributed by atoms with Gasteiger partial charge in [-0.05, 0) is 28.9 Å². The lowest BCUT2D eigenvalue weighted by Gasteiger charge is -2.28. The maximum atomic E-state index is 13.2. The summed E-state index contributed by atoms with van der Waals surface area (Å²) in [5, 5.41) is 9.45. The molecular weight excluding hydrogens is 346 g/mol. The SMILES string of the molecule is O=C(O)[C@@H]1CN(C(=O)C2SCCc3ccccc32)C[C@@H]1c1ccccc1. The molecule has 3 atom stereocenters. The van der Waals surface area contributed by atoms with Gasteiger partial charge >= 0.3 is 5.97 Å². The average Bonchev–Trinajstić information content (AvgIpc) is 3.13. The molecule has 2 aliphatic rings. The molecule has 0 bridgehead atoms. The van der Waals surface area contributed by atoms with Crippen molar-refractivity contribution in [2.45, 2.75) is 17.6 Å². The van der Waals surface area contributed by atoms with Crippen molar-refractivity contribution >= 4 is 23.6 Å². The lowest BCUT2D eigenvalue weighted by molar-refractivity contribution is -0.141. The molecule has 0 aromatic heterocycles. The van der Waals surface area contributed by atoms with Crippen LogP contribution >= 0.6 is 11.8 Å². The number of aliphatic carboxylic acids is 1. The van der Waals surface area contributed by atoms with Gasteiger partial charge in [-0.2, -0.15) is 0 Å². The van der Waals surface area contributed by atoms with Crippen LogP contribution in [0.2, 0.25) is 0 Å². The second kappa shape index (κ2) is 7.16. The van der Waals surface area contributed by atoms with Crippen LogP contribution in [0.3, 0.4) is 0 Å². The number of fused-ring (bicyclic) bond motifs is 1. The van der Waals surface area contributed by atoms with Crippen molar-refractivity contribution in [3.63, 3.8) is 0 Å². The maximum absolute atomic E-state index is 13.2. The Morgan fingerprint density at radius 1 is 1.00 bits per heavy atom. The van der Waals surface area contributed by atoms with Gasteiger partial charge in [-0.3, -0.25) is 9.59 Å². The van der Waals surface area contributed by atoms with Crippen LogP contribution in [0.25, 0.3) is 0 Å². The number of thioether (sulfide) groups is 1. The summed E-state index contributed by atoms with van der Waals surface area (Å²) in [4.78, 5) is 26.8. The second-order valence-electron chi connectivity index (χ2n) is 6.90. The summed E-state index contributed by atoms with van der Waals surface area (Å²) in [6.07, 6.45) is 0.981. The molecule has 1 fully saturated rings. The third-order valence-electron chi connectivity index (χ3n) is 5.39. The van der Waals surface area contributed by atoms with Crippen molar-refractivity contribution in [1.29, 1.82) is 0 Å². The second-order valence-corrected chi connectivity index (χ2v) is 8.12. The molecule has 0 saturated carbocycles. The van der Waals surface area contributed by atoms with Crippen molar-refractivity contribution in [2.75, 3.05) is 18.8 Å². The Labute approximate surface area is 157 Å². The number of likely N-dealkylation sites (tertiary alicyclic amines) is 1. The molecular formula is C21H21NO3S. The van der Waals surface area contributed by atoms with Gasteiger partial charge < -0.3 is 10.0 Å². The van der Waals surface area contributed by atoms with Crippen molar-refractivity contribution in [3.8, 4) is 0 Å². The van der Waals surface area contributed by atoms with E-state index in [1.807, 2.05) is 48.5 Å². The molecule has 2 aliphatic heterocycles. The molecule has 4 rings (SSSR count). The summed E-state index contributed by atoms with van der Waals surface area (Å²) >= 11 is 1.67. The predicted molar refractivity (Wildman–Crippen MR) is 102 cm³/mol. The Hall–Kier alpha value is -2.27. The van der Waals surface area contributed by atoms with Crippen LogP contribution in [-0.2, 0) is 16.0 Å². The van der Waals surface area contributed by atoms with Crippen LogP contribution in [-0.4, -0.2) is 40.7 Å². The number of hydrogen-bond donors (Lipinski definition) is 1. The van der Waals surface area contributed by atoms with Gasteiger partial charge in [-0.1, -0.05) is 54.6 Å². The first-order valence-corrected chi connectivity index (χ1v) is 9.96. The van der Waals surface area contributed by atoms with Gasteiger partial charge in [0.05, 0.1) is 5.92 Å². The molecule has 1 amide bonds. The number of carboxylic acids is 1. The van der Waals surface area contributed by atoms with E-state index in [1.54, 1.807) is 16.7 Å². The Kier molecular flexibility index (Phi) is 4.72. The van der Waals surface area contributed by atoms with E-state index in [4.69, 9.17) is 0 Å². The monoisotopic (exact) mass is 367 g/mol. The predicted octanol–water partition coefficient (Wildman–Crippen LogP) is 3.34. The van der Waals surface area contributed by atoms with Crippen molar-refractivity contribution in [2.24, 2.45) is 5.92 Å². The zero-order chi connectivity index (χ0) is 18.1. The largest absolute Gasteiger partial charge is 0.481 e. The topological polar surface area (TPSA) is 57.6 Å². The minimum Gasteiger partial charge on any atom is -0.481 e. The molecule has 1 saturated heterocycles. The van der Waals surface area contributed by atoms with E-state index in [9.17, 15) is 14.7 Å². The summed E-state index contributed by atoms with van der Waals surface area (Å²) in [5.41, 5.74) is 3.31. The maximum Gasteiger partial charge on any atom is 0.308 e. The number of carboxylic acid groups (broad SMARTS) is 1. The number of rotatable bonds is 3. The molecule has 0 aliphatic carbocycles. The summed E-state index contributed by atoms with van der Waals surface area (Å²) in [5.74, 6) is -0.560. The van der Waals surface area contributed by atoms with Gasteiger partial charge in [0.1, 0.15) is 5.25 Å². The van der Waals surface area contributed by atoms with Crippen LogP contribution in [0.4, 0.5) is 0 Å². The number of nitrogens with zero attached hydrogens (tertiary/aromatic N) is 1. The van der Waals surface area contributed by atoms with Crippen LogP contribution in [0.1, 0.15) is 27.9 Å². The van der Waals surface area contributed by atoms with Crippen LogP contribution in [0.15, 0.2) is 54.6 Å². The molecule has 4 nitrogen and oxygen atoms in total. The van der Waals surface area contributed by atoms with Gasteiger partial charge in [-0.25, -0.2) is 0 Å². The number of carbonyl (C=O) groups excluding carboxylic acids is 1. The van der Waals surface area contributed by atoms with E-state index in [2.05, 4.69) is 6.07 Å². The molecule has 2 aromatic carbocycles. The molecule has 26 heavy (non-hydrogen) atoms. The van der Waals surface area contributed by atoms with Crippen molar-refractivity contribution < 1.29 is 14.7 Å². The summed E-state index contributed by atoms with van der Waals surface area (Å²) in [6.45, 7) is 0.756. The third kappa shape index (κ3) is 3.12. The highest BCUT2D eigenvalue weighted by Crippen LogP contribution is 2.41. The zero-order valence-electron chi connectivity index (χ0n) is 14.4. The van der Waals surface area contributed by atoms with Gasteiger partial charge in [0.15, 0.2) is 0 Å². The fourth-order valence-corrected chi connectivity index (χ4v) is 5.31. The highest BCUT2D eigenvalue weighted by Gasteiger charge is 2.42. The van der Waals surface area contributed by atoms with Crippen molar-refractivity contribution in [1.82, 2.24) is 4.90 Å². The molecule has 5 heteroatoms. The van der Waals surface area contributed by atoms with E-state index in [0.717, 1.165) is 23.3 Å². The molecule has 1 N–H and O–H groups in total. The lowest BCUT2D eigenvalue weighted by atomic mass is 9.89. The Balaban J connectivity index is 1.59. The highest BCUT2D eigenvalue weighted by atomic mass is 32.2. The summed E-state index contributed by atoms with van der Waals surface area (Å²) in [6, 6.07) is 17.8. The number of carbonyl (C=O) groups is 2. The van der Waals surface area contributed by atoms with Crippen LogP contribution in [0.5, 0.6) is 0 Å². The smallest absolute Gasteiger partial charge is 0.308 e. The van der Waals surface area contributed by atoms with E-state index in [-0.39, 0.29) is 23.6 Å². The quantitative estimate of drug-likeness (QED) is 0.904. The minimum absolute atomic E-state index is 0.0480. The van der Waals surface area contributed by atoms with Crippen molar-refractivity contribution in [3.05, 3.63) is 71.3 Å². The van der Waals surface area contributed by atoms with E-state index in [0.29, 0.717) is 6.54 Å². The molecule has 2 aromatic rings. The number of hydrogen-bond acceptors (Lipinski definition) is 3. The molecule has 2 heterocycles. The van der Waals surface area contributed by atoms with E-state index >= 15 is 0 Å².